The minimum absolute atomic E-state index is 0.244. The number of carbonyl (C=O) groups is 1. The van der Waals surface area contributed by atoms with Crippen LogP contribution < -0.4 is 4.90 Å². The van der Waals surface area contributed by atoms with Crippen LogP contribution in [-0.2, 0) is 17.9 Å². The average molecular weight is 375 g/mol. The maximum absolute atomic E-state index is 12.9. The maximum Gasteiger partial charge on any atom is 0.237 e. The Morgan fingerprint density at radius 1 is 0.929 bits per heavy atom. The van der Waals surface area contributed by atoms with E-state index in [0.717, 1.165) is 39.3 Å². The summed E-state index contributed by atoms with van der Waals surface area (Å²) in [6, 6.07) is 14.8. The first kappa shape index (κ1) is 17.3. The predicted molar refractivity (Wildman–Crippen MR) is 110 cm³/mol. The summed E-state index contributed by atoms with van der Waals surface area (Å²) in [6.45, 7) is 6.64. The van der Waals surface area contributed by atoms with Gasteiger partial charge in [-0.05, 0) is 29.7 Å². The molecule has 2 aromatic heterocycles. The molecule has 0 bridgehead atoms. The molecule has 144 valence electrons. The molecule has 0 saturated carbocycles. The largest absolute Gasteiger partial charge is 0.369 e. The quantitative estimate of drug-likeness (QED) is 0.704. The number of amides is 1. The fraction of sp³-hybridized carbons (Fsp3) is 0.364. The third kappa shape index (κ3) is 3.24. The summed E-state index contributed by atoms with van der Waals surface area (Å²) in [7, 11) is 0. The highest BCUT2D eigenvalue weighted by molar-refractivity contribution is 5.82. The van der Waals surface area contributed by atoms with Crippen LogP contribution in [0.2, 0.25) is 0 Å². The number of anilines is 1. The van der Waals surface area contributed by atoms with Gasteiger partial charge < -0.3 is 14.4 Å². The van der Waals surface area contributed by atoms with Crippen LogP contribution in [0.1, 0.15) is 5.69 Å². The molecule has 0 N–H and O–H groups in total. The highest BCUT2D eigenvalue weighted by Crippen LogP contribution is 2.24. The van der Waals surface area contributed by atoms with Crippen LogP contribution in [0, 0.1) is 0 Å². The van der Waals surface area contributed by atoms with Crippen molar-refractivity contribution in [1.29, 1.82) is 0 Å². The zero-order valence-corrected chi connectivity index (χ0v) is 16.0. The molecule has 1 amide bonds. The Labute approximate surface area is 165 Å². The molecule has 6 nitrogen and oxygen atoms in total. The van der Waals surface area contributed by atoms with E-state index in [9.17, 15) is 4.79 Å². The van der Waals surface area contributed by atoms with E-state index in [1.54, 1.807) is 0 Å². The zero-order chi connectivity index (χ0) is 18.9. The molecule has 4 heterocycles. The number of fused-ring (bicyclic) bond motifs is 3. The summed E-state index contributed by atoms with van der Waals surface area (Å²) in [6.07, 6.45) is 3.67. The monoisotopic (exact) mass is 375 g/mol. The Morgan fingerprint density at radius 3 is 2.54 bits per heavy atom. The van der Waals surface area contributed by atoms with Crippen LogP contribution in [0.3, 0.4) is 0 Å². The van der Waals surface area contributed by atoms with Crippen LogP contribution in [0.5, 0.6) is 0 Å². The molecule has 1 aromatic carbocycles. The summed E-state index contributed by atoms with van der Waals surface area (Å²) >= 11 is 0. The summed E-state index contributed by atoms with van der Waals surface area (Å²) in [5.74, 6) is 0.244. The van der Waals surface area contributed by atoms with Crippen molar-refractivity contribution in [3.8, 4) is 0 Å². The molecular weight excluding hydrogens is 350 g/mol. The first-order valence-electron chi connectivity index (χ1n) is 10.0. The van der Waals surface area contributed by atoms with E-state index in [1.807, 2.05) is 29.4 Å². The van der Waals surface area contributed by atoms with Gasteiger partial charge in [0.15, 0.2) is 0 Å². The fourth-order valence-electron chi connectivity index (χ4n) is 4.38. The first-order valence-corrected chi connectivity index (χ1v) is 10.0. The smallest absolute Gasteiger partial charge is 0.237 e. The van der Waals surface area contributed by atoms with Gasteiger partial charge in [0, 0.05) is 68.6 Å². The van der Waals surface area contributed by atoms with Gasteiger partial charge in [-0.25, -0.2) is 0 Å². The number of pyridine rings is 1. The van der Waals surface area contributed by atoms with Gasteiger partial charge in [0.2, 0.25) is 5.91 Å². The standard InChI is InChI=1S/C22H25N5O/c28-22(17-24-9-11-25(12-10-24)19-5-7-23-8-6-19)26-13-14-27-20(16-26)15-18-3-1-2-4-21(18)27/h1-8,15H,9-14,16-17H2. The van der Waals surface area contributed by atoms with Crippen molar-refractivity contribution in [2.24, 2.45) is 0 Å². The lowest BCUT2D eigenvalue weighted by molar-refractivity contribution is -0.133. The second kappa shape index (κ2) is 7.28. The summed E-state index contributed by atoms with van der Waals surface area (Å²) in [5, 5.41) is 1.26. The number of piperazine rings is 1. The van der Waals surface area contributed by atoms with E-state index < -0.39 is 0 Å². The third-order valence-corrected chi connectivity index (χ3v) is 5.95. The minimum atomic E-state index is 0.244. The first-order chi connectivity index (χ1) is 13.8. The lowest BCUT2D eigenvalue weighted by atomic mass is 10.2. The molecule has 0 aliphatic carbocycles. The number of hydrogen-bond donors (Lipinski definition) is 0. The van der Waals surface area contributed by atoms with Gasteiger partial charge in [-0.15, -0.1) is 0 Å². The molecule has 3 aromatic rings. The van der Waals surface area contributed by atoms with E-state index in [4.69, 9.17) is 0 Å². The second-order valence-corrected chi connectivity index (χ2v) is 7.63. The Morgan fingerprint density at radius 2 is 1.71 bits per heavy atom. The van der Waals surface area contributed by atoms with Crippen molar-refractivity contribution >= 4 is 22.5 Å². The van der Waals surface area contributed by atoms with E-state index in [2.05, 4.69) is 49.7 Å². The van der Waals surface area contributed by atoms with Gasteiger partial charge in [0.05, 0.1) is 13.1 Å². The molecule has 1 saturated heterocycles. The molecular formula is C22H25N5O. The number of benzene rings is 1. The lowest BCUT2D eigenvalue weighted by Crippen LogP contribution is -2.51. The van der Waals surface area contributed by atoms with Crippen LogP contribution >= 0.6 is 0 Å². The van der Waals surface area contributed by atoms with Crippen molar-refractivity contribution in [3.63, 3.8) is 0 Å². The van der Waals surface area contributed by atoms with Crippen LogP contribution in [0.15, 0.2) is 54.9 Å². The number of para-hydroxylation sites is 1. The molecule has 2 aliphatic rings. The number of rotatable bonds is 3. The van der Waals surface area contributed by atoms with Gasteiger partial charge >= 0.3 is 0 Å². The molecule has 0 atom stereocenters. The number of hydrogen-bond acceptors (Lipinski definition) is 4. The van der Waals surface area contributed by atoms with Crippen molar-refractivity contribution in [3.05, 3.63) is 60.6 Å². The highest BCUT2D eigenvalue weighted by atomic mass is 16.2. The van der Waals surface area contributed by atoms with E-state index in [-0.39, 0.29) is 5.91 Å². The topological polar surface area (TPSA) is 44.6 Å². The van der Waals surface area contributed by atoms with Crippen LogP contribution in [0.25, 0.3) is 10.9 Å². The molecule has 0 radical (unpaired) electrons. The van der Waals surface area contributed by atoms with Gasteiger partial charge in [0.25, 0.3) is 0 Å². The SMILES string of the molecule is O=C(CN1CCN(c2ccncc2)CC1)N1CCn2c(cc3ccccc32)C1. The third-order valence-electron chi connectivity index (χ3n) is 5.95. The van der Waals surface area contributed by atoms with E-state index >= 15 is 0 Å². The highest BCUT2D eigenvalue weighted by Gasteiger charge is 2.25. The minimum Gasteiger partial charge on any atom is -0.369 e. The van der Waals surface area contributed by atoms with Crippen molar-refractivity contribution in [1.82, 2.24) is 19.4 Å². The van der Waals surface area contributed by atoms with Gasteiger partial charge in [-0.1, -0.05) is 18.2 Å². The van der Waals surface area contributed by atoms with Crippen LogP contribution in [0.4, 0.5) is 5.69 Å². The van der Waals surface area contributed by atoms with E-state index in [0.29, 0.717) is 13.1 Å². The number of aromatic nitrogens is 2. The number of carbonyl (C=O) groups excluding carboxylic acids is 1. The molecule has 0 unspecified atom stereocenters. The summed E-state index contributed by atoms with van der Waals surface area (Å²) in [5.41, 5.74) is 3.73. The second-order valence-electron chi connectivity index (χ2n) is 7.63. The van der Waals surface area contributed by atoms with E-state index in [1.165, 1.54) is 22.3 Å². The maximum atomic E-state index is 12.9. The van der Waals surface area contributed by atoms with Crippen molar-refractivity contribution < 1.29 is 4.79 Å². The molecule has 5 rings (SSSR count). The molecule has 6 heteroatoms. The molecule has 2 aliphatic heterocycles. The molecule has 28 heavy (non-hydrogen) atoms. The number of nitrogens with zero attached hydrogens (tertiary/aromatic N) is 5. The summed E-state index contributed by atoms with van der Waals surface area (Å²) in [4.78, 5) is 23.6. The fourth-order valence-corrected chi connectivity index (χ4v) is 4.38. The Bertz CT molecular complexity index is 975. The predicted octanol–water partition coefficient (Wildman–Crippen LogP) is 2.20. The van der Waals surface area contributed by atoms with Gasteiger partial charge in [-0.2, -0.15) is 0 Å². The van der Waals surface area contributed by atoms with Gasteiger partial charge in [-0.3, -0.25) is 14.7 Å². The Kier molecular flexibility index (Phi) is 4.49. The molecule has 0 spiro atoms. The zero-order valence-electron chi connectivity index (χ0n) is 16.0. The van der Waals surface area contributed by atoms with Crippen LogP contribution in [-0.4, -0.2) is 64.5 Å². The van der Waals surface area contributed by atoms with Crippen molar-refractivity contribution in [2.45, 2.75) is 13.1 Å². The lowest BCUT2D eigenvalue weighted by Gasteiger charge is -2.37. The normalized spacial score (nSPS) is 17.7. The summed E-state index contributed by atoms with van der Waals surface area (Å²) < 4.78 is 2.35. The van der Waals surface area contributed by atoms with Crippen molar-refractivity contribution in [2.75, 3.05) is 44.2 Å². The molecule has 1 fully saturated rings. The average Bonchev–Trinajstić information content (AvgIpc) is 3.13. The Hall–Kier alpha value is -2.86. The Balaban J connectivity index is 1.19. The van der Waals surface area contributed by atoms with Gasteiger partial charge in [0.1, 0.15) is 0 Å².